The van der Waals surface area contributed by atoms with Gasteiger partial charge in [0.25, 0.3) is 0 Å². The lowest BCUT2D eigenvalue weighted by Crippen LogP contribution is -1.82. The number of hydrogen-bond donors (Lipinski definition) is 2. The molecule has 0 atom stereocenters. The molecular weight excluding hydrogens is 250 g/mol. The van der Waals surface area contributed by atoms with Gasteiger partial charge in [-0.2, -0.15) is 0 Å². The highest BCUT2D eigenvalue weighted by Gasteiger charge is 1.97. The Kier molecular flexibility index (Phi) is 3.09. The lowest BCUT2D eigenvalue weighted by Gasteiger charge is -2.00. The second kappa shape index (κ2) is 5.05. The molecule has 0 aliphatic carbocycles. The van der Waals surface area contributed by atoms with Crippen molar-refractivity contribution in [2.75, 3.05) is 0 Å². The number of para-hydroxylation sites is 1. The van der Waals surface area contributed by atoms with E-state index in [4.69, 9.17) is 0 Å². The number of aromatic hydroxyl groups is 2. The summed E-state index contributed by atoms with van der Waals surface area (Å²) < 4.78 is 0. The van der Waals surface area contributed by atoms with Gasteiger partial charge < -0.3 is 10.2 Å². The molecule has 3 nitrogen and oxygen atoms in total. The van der Waals surface area contributed by atoms with Crippen LogP contribution in [0, 0.1) is 0 Å². The van der Waals surface area contributed by atoms with E-state index < -0.39 is 0 Å². The second-order valence-electron chi connectivity index (χ2n) is 4.54. The summed E-state index contributed by atoms with van der Waals surface area (Å²) in [5, 5.41) is 19.9. The molecule has 0 unspecified atom stereocenters. The summed E-state index contributed by atoms with van der Waals surface area (Å²) in [5.74, 6) is 0.0761. The molecule has 3 aromatic rings. The summed E-state index contributed by atoms with van der Waals surface area (Å²) in [7, 11) is 0. The molecule has 2 N–H and O–H groups in total. The minimum absolute atomic E-state index is 0.0381. The Morgan fingerprint density at radius 1 is 0.800 bits per heavy atom. The second-order valence-corrected chi connectivity index (χ2v) is 4.54. The average molecular weight is 263 g/mol. The van der Waals surface area contributed by atoms with Crippen molar-refractivity contribution in [2.24, 2.45) is 0 Å². The fourth-order valence-corrected chi connectivity index (χ4v) is 2.07. The average Bonchev–Trinajstić information content (AvgIpc) is 2.44. The van der Waals surface area contributed by atoms with Crippen molar-refractivity contribution in [1.82, 2.24) is 4.98 Å². The van der Waals surface area contributed by atoms with E-state index in [2.05, 4.69) is 4.98 Å². The van der Waals surface area contributed by atoms with Crippen LogP contribution in [0.25, 0.3) is 23.1 Å². The van der Waals surface area contributed by atoms with E-state index in [0.29, 0.717) is 0 Å². The molecule has 1 heterocycles. The van der Waals surface area contributed by atoms with Crippen LogP contribution in [-0.2, 0) is 0 Å². The fourth-order valence-electron chi connectivity index (χ4n) is 2.07. The van der Waals surface area contributed by atoms with Crippen molar-refractivity contribution in [3.63, 3.8) is 0 Å². The van der Waals surface area contributed by atoms with Crippen molar-refractivity contribution in [3.8, 4) is 11.5 Å². The third-order valence-electron chi connectivity index (χ3n) is 2.99. The van der Waals surface area contributed by atoms with Crippen LogP contribution < -0.4 is 0 Å². The molecule has 0 fully saturated rings. The molecule has 0 bridgehead atoms. The zero-order chi connectivity index (χ0) is 13.9. The molecule has 3 heteroatoms. The monoisotopic (exact) mass is 263 g/mol. The predicted molar refractivity (Wildman–Crippen MR) is 80.4 cm³/mol. The Morgan fingerprint density at radius 2 is 1.55 bits per heavy atom. The van der Waals surface area contributed by atoms with Gasteiger partial charge in [-0.05, 0) is 35.9 Å². The smallest absolute Gasteiger partial charge is 0.119 e. The highest BCUT2D eigenvalue weighted by molar-refractivity contribution is 5.80. The summed E-state index contributed by atoms with van der Waals surface area (Å²) in [5.41, 5.74) is 2.48. The van der Waals surface area contributed by atoms with Gasteiger partial charge in [0.1, 0.15) is 11.5 Å². The van der Waals surface area contributed by atoms with E-state index in [-0.39, 0.29) is 11.5 Å². The Balaban J connectivity index is 1.93. The van der Waals surface area contributed by atoms with Gasteiger partial charge in [-0.25, -0.2) is 4.98 Å². The molecule has 0 aliphatic heterocycles. The largest absolute Gasteiger partial charge is 0.508 e. The molecule has 20 heavy (non-hydrogen) atoms. The van der Waals surface area contributed by atoms with Crippen LogP contribution in [0.3, 0.4) is 0 Å². The molecule has 0 saturated heterocycles. The molecule has 0 spiro atoms. The Labute approximate surface area is 116 Å². The first-order valence-electron chi connectivity index (χ1n) is 6.28. The van der Waals surface area contributed by atoms with Crippen LogP contribution in [0.5, 0.6) is 11.5 Å². The van der Waals surface area contributed by atoms with Gasteiger partial charge in [-0.15, -0.1) is 0 Å². The minimum Gasteiger partial charge on any atom is -0.508 e. The number of pyridine rings is 1. The molecule has 0 radical (unpaired) electrons. The first kappa shape index (κ1) is 12.2. The SMILES string of the molecule is Oc1cc(O)cc(C=Cc2ccc3ccccc3n2)c1. The third kappa shape index (κ3) is 2.62. The first-order chi connectivity index (χ1) is 9.70. The molecule has 0 amide bonds. The van der Waals surface area contributed by atoms with Crippen LogP contribution in [0.15, 0.2) is 54.6 Å². The number of fused-ring (bicyclic) bond motifs is 1. The Morgan fingerprint density at radius 3 is 2.35 bits per heavy atom. The Hall–Kier alpha value is -2.81. The van der Waals surface area contributed by atoms with E-state index in [0.717, 1.165) is 22.2 Å². The van der Waals surface area contributed by atoms with Crippen LogP contribution in [-0.4, -0.2) is 15.2 Å². The summed E-state index contributed by atoms with van der Waals surface area (Å²) in [6.07, 6.45) is 3.65. The van der Waals surface area contributed by atoms with Gasteiger partial charge in [0.2, 0.25) is 0 Å². The van der Waals surface area contributed by atoms with Crippen molar-refractivity contribution >= 4 is 23.1 Å². The van der Waals surface area contributed by atoms with Gasteiger partial charge in [-0.3, -0.25) is 0 Å². The number of nitrogens with zero attached hydrogens (tertiary/aromatic N) is 1. The summed E-state index contributed by atoms with van der Waals surface area (Å²) in [6, 6.07) is 16.3. The summed E-state index contributed by atoms with van der Waals surface area (Å²) >= 11 is 0. The van der Waals surface area contributed by atoms with Crippen molar-refractivity contribution in [3.05, 3.63) is 65.9 Å². The number of phenolic OH excluding ortho intramolecular Hbond substituents is 2. The van der Waals surface area contributed by atoms with Crippen molar-refractivity contribution < 1.29 is 10.2 Å². The number of benzene rings is 2. The maximum Gasteiger partial charge on any atom is 0.119 e. The molecule has 0 saturated carbocycles. The fraction of sp³-hybridized carbons (Fsp3) is 0. The summed E-state index contributed by atoms with van der Waals surface area (Å²) in [6.45, 7) is 0. The molecule has 0 aliphatic rings. The Bertz CT molecular complexity index is 774. The summed E-state index contributed by atoms with van der Waals surface area (Å²) in [4.78, 5) is 4.52. The van der Waals surface area contributed by atoms with Crippen LogP contribution in [0.2, 0.25) is 0 Å². The lowest BCUT2D eigenvalue weighted by atomic mass is 10.1. The van der Waals surface area contributed by atoms with Crippen molar-refractivity contribution in [2.45, 2.75) is 0 Å². The van der Waals surface area contributed by atoms with Crippen LogP contribution in [0.1, 0.15) is 11.3 Å². The van der Waals surface area contributed by atoms with Gasteiger partial charge in [-0.1, -0.05) is 30.3 Å². The highest BCUT2D eigenvalue weighted by atomic mass is 16.3. The van der Waals surface area contributed by atoms with Crippen LogP contribution >= 0.6 is 0 Å². The van der Waals surface area contributed by atoms with Gasteiger partial charge in [0, 0.05) is 11.5 Å². The molecule has 3 rings (SSSR count). The predicted octanol–water partition coefficient (Wildman–Crippen LogP) is 3.82. The molecular formula is C17H13NO2. The lowest BCUT2D eigenvalue weighted by molar-refractivity contribution is 0.450. The topological polar surface area (TPSA) is 53.4 Å². The van der Waals surface area contributed by atoms with E-state index >= 15 is 0 Å². The maximum absolute atomic E-state index is 9.42. The minimum atomic E-state index is 0.0381. The number of aromatic nitrogens is 1. The maximum atomic E-state index is 9.42. The molecule has 98 valence electrons. The van der Waals surface area contributed by atoms with E-state index in [9.17, 15) is 10.2 Å². The number of rotatable bonds is 2. The molecule has 2 aromatic carbocycles. The third-order valence-corrected chi connectivity index (χ3v) is 2.99. The van der Waals surface area contributed by atoms with Gasteiger partial charge in [0.15, 0.2) is 0 Å². The van der Waals surface area contributed by atoms with Gasteiger partial charge in [0.05, 0.1) is 11.2 Å². The van der Waals surface area contributed by atoms with Crippen molar-refractivity contribution in [1.29, 1.82) is 0 Å². The number of hydrogen-bond acceptors (Lipinski definition) is 3. The van der Waals surface area contributed by atoms with E-state index in [1.165, 1.54) is 6.07 Å². The van der Waals surface area contributed by atoms with E-state index in [1.54, 1.807) is 18.2 Å². The quantitative estimate of drug-likeness (QED) is 0.739. The molecule has 1 aromatic heterocycles. The zero-order valence-corrected chi connectivity index (χ0v) is 10.7. The van der Waals surface area contributed by atoms with E-state index in [1.807, 2.05) is 42.5 Å². The number of phenols is 2. The van der Waals surface area contributed by atoms with Crippen LogP contribution in [0.4, 0.5) is 0 Å². The highest BCUT2D eigenvalue weighted by Crippen LogP contribution is 2.22. The zero-order valence-electron chi connectivity index (χ0n) is 10.7. The normalized spacial score (nSPS) is 11.2. The first-order valence-corrected chi connectivity index (χ1v) is 6.28. The van der Waals surface area contributed by atoms with Gasteiger partial charge >= 0.3 is 0 Å². The standard InChI is InChI=1S/C17H13NO2/c19-15-9-12(10-16(20)11-15)5-7-14-8-6-13-3-1-2-4-17(13)18-14/h1-11,19-20H.